The van der Waals surface area contributed by atoms with Crippen molar-refractivity contribution in [3.8, 4) is 0 Å². The number of anilines is 1. The van der Waals surface area contributed by atoms with Gasteiger partial charge in [-0.15, -0.1) is 5.10 Å². The third-order valence-electron chi connectivity index (χ3n) is 2.46. The van der Waals surface area contributed by atoms with Crippen LogP contribution in [0.4, 0.5) is 10.1 Å². The first-order chi connectivity index (χ1) is 7.66. The minimum Gasteiger partial charge on any atom is -0.379 e. The van der Waals surface area contributed by atoms with E-state index in [9.17, 15) is 4.39 Å². The highest BCUT2D eigenvalue weighted by molar-refractivity contribution is 5.50. The molecule has 1 aromatic carbocycles. The lowest BCUT2D eigenvalue weighted by molar-refractivity contribution is 0.626. The summed E-state index contributed by atoms with van der Waals surface area (Å²) in [5.74, 6) is -0.217. The molecule has 0 unspecified atom stereocenters. The molecule has 1 N–H and O–H groups in total. The first-order valence-electron chi connectivity index (χ1n) is 5.00. The lowest BCUT2D eigenvalue weighted by Gasteiger charge is -2.08. The van der Waals surface area contributed by atoms with Gasteiger partial charge >= 0.3 is 0 Å². The van der Waals surface area contributed by atoms with Crippen molar-refractivity contribution in [1.82, 2.24) is 15.0 Å². The fourth-order valence-electron chi connectivity index (χ4n) is 1.48. The van der Waals surface area contributed by atoms with Crippen LogP contribution in [0, 0.1) is 12.7 Å². The number of halogens is 1. The molecule has 1 aromatic heterocycles. The van der Waals surface area contributed by atoms with Gasteiger partial charge in [-0.05, 0) is 30.7 Å². The molecule has 2 aromatic rings. The van der Waals surface area contributed by atoms with E-state index >= 15 is 0 Å². The molecule has 16 heavy (non-hydrogen) atoms. The fraction of sp³-hybridized carbons (Fsp3) is 0.273. The van der Waals surface area contributed by atoms with Gasteiger partial charge < -0.3 is 5.32 Å². The maximum atomic E-state index is 12.9. The Kier molecular flexibility index (Phi) is 2.85. The van der Waals surface area contributed by atoms with Gasteiger partial charge in [0.15, 0.2) is 0 Å². The van der Waals surface area contributed by atoms with E-state index in [0.717, 1.165) is 16.9 Å². The van der Waals surface area contributed by atoms with Gasteiger partial charge in [-0.1, -0.05) is 5.21 Å². The molecule has 84 valence electrons. The summed E-state index contributed by atoms with van der Waals surface area (Å²) in [5.41, 5.74) is 2.78. The predicted octanol–water partition coefficient (Wildman–Crippen LogP) is 1.87. The Morgan fingerprint density at radius 2 is 2.25 bits per heavy atom. The number of aromatic nitrogens is 3. The van der Waals surface area contributed by atoms with E-state index in [0.29, 0.717) is 6.54 Å². The van der Waals surface area contributed by atoms with Crippen LogP contribution in [-0.4, -0.2) is 15.0 Å². The van der Waals surface area contributed by atoms with Crippen LogP contribution < -0.4 is 5.32 Å². The third-order valence-corrected chi connectivity index (χ3v) is 2.46. The number of rotatable bonds is 3. The minimum absolute atomic E-state index is 0.217. The normalized spacial score (nSPS) is 10.4. The first kappa shape index (κ1) is 10.6. The van der Waals surface area contributed by atoms with E-state index in [1.54, 1.807) is 16.9 Å². The van der Waals surface area contributed by atoms with Crippen LogP contribution in [-0.2, 0) is 13.6 Å². The number of hydrogen-bond acceptors (Lipinski definition) is 3. The lowest BCUT2D eigenvalue weighted by Crippen LogP contribution is -2.06. The number of benzene rings is 1. The van der Waals surface area contributed by atoms with Gasteiger partial charge in [0.2, 0.25) is 0 Å². The lowest BCUT2D eigenvalue weighted by atomic mass is 10.2. The summed E-state index contributed by atoms with van der Waals surface area (Å²) in [7, 11) is 1.83. The largest absolute Gasteiger partial charge is 0.379 e. The third kappa shape index (κ3) is 2.18. The molecule has 2 rings (SSSR count). The van der Waals surface area contributed by atoms with Gasteiger partial charge in [0.1, 0.15) is 5.82 Å². The molecule has 0 atom stereocenters. The molecular weight excluding hydrogens is 207 g/mol. The molecule has 1 heterocycles. The van der Waals surface area contributed by atoms with Crippen molar-refractivity contribution < 1.29 is 4.39 Å². The number of nitrogens with one attached hydrogen (secondary N) is 1. The Morgan fingerprint density at radius 1 is 1.44 bits per heavy atom. The van der Waals surface area contributed by atoms with Crippen molar-refractivity contribution in [2.24, 2.45) is 7.05 Å². The molecule has 0 radical (unpaired) electrons. The standard InChI is InChI=1S/C11H13FN4/c1-8-5-9(12)3-4-11(8)13-6-10-7-14-15-16(10)2/h3-5,7,13H,6H2,1-2H3. The Bertz CT molecular complexity index is 492. The van der Waals surface area contributed by atoms with E-state index in [-0.39, 0.29) is 5.82 Å². The SMILES string of the molecule is Cc1cc(F)ccc1NCc1cnnn1C. The highest BCUT2D eigenvalue weighted by Crippen LogP contribution is 2.16. The summed E-state index contributed by atoms with van der Waals surface area (Å²) in [5, 5.41) is 10.8. The second-order valence-corrected chi connectivity index (χ2v) is 3.66. The summed E-state index contributed by atoms with van der Waals surface area (Å²) in [4.78, 5) is 0. The summed E-state index contributed by atoms with van der Waals surface area (Å²) < 4.78 is 14.6. The summed E-state index contributed by atoms with van der Waals surface area (Å²) in [6.07, 6.45) is 1.70. The smallest absolute Gasteiger partial charge is 0.123 e. The maximum absolute atomic E-state index is 12.9. The van der Waals surface area contributed by atoms with Crippen molar-refractivity contribution >= 4 is 5.69 Å². The quantitative estimate of drug-likeness (QED) is 0.858. The van der Waals surface area contributed by atoms with E-state index in [4.69, 9.17) is 0 Å². The van der Waals surface area contributed by atoms with Gasteiger partial charge in [0.25, 0.3) is 0 Å². The van der Waals surface area contributed by atoms with Crippen molar-refractivity contribution in [2.75, 3.05) is 5.32 Å². The zero-order chi connectivity index (χ0) is 11.5. The molecule has 0 saturated heterocycles. The molecule has 0 aliphatic heterocycles. The van der Waals surface area contributed by atoms with Gasteiger partial charge in [-0.2, -0.15) is 0 Å². The zero-order valence-corrected chi connectivity index (χ0v) is 9.24. The zero-order valence-electron chi connectivity index (χ0n) is 9.24. The second kappa shape index (κ2) is 4.30. The van der Waals surface area contributed by atoms with Gasteiger partial charge in [-0.25, -0.2) is 4.39 Å². The number of nitrogens with zero attached hydrogens (tertiary/aromatic N) is 3. The summed E-state index contributed by atoms with van der Waals surface area (Å²) in [6, 6.07) is 4.68. The van der Waals surface area contributed by atoms with E-state index in [1.807, 2.05) is 14.0 Å². The van der Waals surface area contributed by atoms with E-state index < -0.39 is 0 Å². The minimum atomic E-state index is -0.217. The molecule has 5 heteroatoms. The number of aryl methyl sites for hydroxylation is 2. The Balaban J connectivity index is 2.08. The van der Waals surface area contributed by atoms with Gasteiger partial charge in [-0.3, -0.25) is 4.68 Å². The number of hydrogen-bond donors (Lipinski definition) is 1. The Labute approximate surface area is 93.1 Å². The molecular formula is C11H13FN4. The highest BCUT2D eigenvalue weighted by Gasteiger charge is 2.02. The van der Waals surface area contributed by atoms with Crippen molar-refractivity contribution in [1.29, 1.82) is 0 Å². The molecule has 0 aliphatic carbocycles. The Morgan fingerprint density at radius 3 is 2.88 bits per heavy atom. The summed E-state index contributed by atoms with van der Waals surface area (Å²) in [6.45, 7) is 2.49. The van der Waals surface area contributed by atoms with Crippen LogP contribution in [0.2, 0.25) is 0 Å². The van der Waals surface area contributed by atoms with Crippen LogP contribution in [0.3, 0.4) is 0 Å². The van der Waals surface area contributed by atoms with E-state index in [1.165, 1.54) is 12.1 Å². The molecule has 4 nitrogen and oxygen atoms in total. The van der Waals surface area contributed by atoms with Crippen LogP contribution in [0.15, 0.2) is 24.4 Å². The fourth-order valence-corrected chi connectivity index (χ4v) is 1.48. The first-order valence-corrected chi connectivity index (χ1v) is 5.00. The molecule has 0 spiro atoms. The maximum Gasteiger partial charge on any atom is 0.123 e. The average Bonchev–Trinajstić information content (AvgIpc) is 2.63. The van der Waals surface area contributed by atoms with Gasteiger partial charge in [0.05, 0.1) is 18.4 Å². The summed E-state index contributed by atoms with van der Waals surface area (Å²) >= 11 is 0. The van der Waals surface area contributed by atoms with Crippen LogP contribution in [0.1, 0.15) is 11.3 Å². The van der Waals surface area contributed by atoms with Crippen molar-refractivity contribution in [2.45, 2.75) is 13.5 Å². The van der Waals surface area contributed by atoms with Crippen molar-refractivity contribution in [3.63, 3.8) is 0 Å². The molecule has 0 amide bonds. The average molecular weight is 220 g/mol. The Hall–Kier alpha value is -1.91. The van der Waals surface area contributed by atoms with E-state index in [2.05, 4.69) is 15.6 Å². The molecule has 0 bridgehead atoms. The monoisotopic (exact) mass is 220 g/mol. The van der Waals surface area contributed by atoms with Crippen molar-refractivity contribution in [3.05, 3.63) is 41.5 Å². The molecule has 0 saturated carbocycles. The van der Waals surface area contributed by atoms with Crippen LogP contribution in [0.5, 0.6) is 0 Å². The van der Waals surface area contributed by atoms with Crippen LogP contribution in [0.25, 0.3) is 0 Å². The molecule has 0 fully saturated rings. The van der Waals surface area contributed by atoms with Crippen LogP contribution >= 0.6 is 0 Å². The predicted molar refractivity (Wildman–Crippen MR) is 59.5 cm³/mol. The highest BCUT2D eigenvalue weighted by atomic mass is 19.1. The van der Waals surface area contributed by atoms with Gasteiger partial charge in [0, 0.05) is 12.7 Å². The second-order valence-electron chi connectivity index (χ2n) is 3.66. The molecule has 0 aliphatic rings. The topological polar surface area (TPSA) is 42.7 Å².